The van der Waals surface area contributed by atoms with Gasteiger partial charge in [-0.25, -0.2) is 9.97 Å². The van der Waals surface area contributed by atoms with Crippen molar-refractivity contribution in [3.05, 3.63) is 39.5 Å². The Balaban J connectivity index is 1.52. The number of rotatable bonds is 7. The third-order valence-corrected chi connectivity index (χ3v) is 6.57. The molecule has 4 N–H and O–H groups in total. The summed E-state index contributed by atoms with van der Waals surface area (Å²) in [6.45, 7) is 7.12. The monoisotopic (exact) mass is 429 g/mol. The molecule has 0 aromatic carbocycles. The number of hydrogen-bond donors (Lipinski definition) is 3. The highest BCUT2D eigenvalue weighted by molar-refractivity contribution is 7.11. The normalized spacial score (nSPS) is 15.3. The van der Waals surface area contributed by atoms with Gasteiger partial charge in [-0.15, -0.1) is 11.3 Å². The smallest absolute Gasteiger partial charge is 0.220 e. The number of hydrogen-bond acceptors (Lipinski definition) is 6. The summed E-state index contributed by atoms with van der Waals surface area (Å²) in [6, 6.07) is 4.02. The largest absolute Gasteiger partial charge is 0.369 e. The third kappa shape index (κ3) is 5.69. The maximum absolute atomic E-state index is 11.4. The molecule has 1 saturated heterocycles. The maximum Gasteiger partial charge on any atom is 0.220 e. The van der Waals surface area contributed by atoms with Crippen LogP contribution in [-0.4, -0.2) is 48.5 Å². The minimum Gasteiger partial charge on any atom is -0.369 e. The van der Waals surface area contributed by atoms with Gasteiger partial charge in [-0.3, -0.25) is 9.79 Å². The van der Waals surface area contributed by atoms with Crippen molar-refractivity contribution in [2.24, 2.45) is 16.6 Å². The van der Waals surface area contributed by atoms with E-state index in [0.29, 0.717) is 6.54 Å². The van der Waals surface area contributed by atoms with E-state index in [1.165, 1.54) is 4.88 Å². The number of nitrogens with zero attached hydrogens (tertiary/aromatic N) is 4. The van der Waals surface area contributed by atoms with Gasteiger partial charge in [0.05, 0.1) is 10.7 Å². The molecule has 3 heterocycles. The Morgan fingerprint density at radius 3 is 2.73 bits per heavy atom. The fourth-order valence-electron chi connectivity index (χ4n) is 3.56. The molecule has 2 aromatic rings. The van der Waals surface area contributed by atoms with Gasteiger partial charge in [-0.1, -0.05) is 6.07 Å². The van der Waals surface area contributed by atoms with Crippen molar-refractivity contribution in [3.63, 3.8) is 0 Å². The average molecular weight is 430 g/mol. The van der Waals surface area contributed by atoms with Crippen LogP contribution in [0.1, 0.15) is 34.0 Å². The standard InChI is InChI=1S/C21H31N7OS/c1-14-15(2)30-18(27-14)6-10-25-21(23-3)26-13-17-5-4-9-24-20(17)28-11-7-16(8-12-28)19(22)29/h4-5,9,16H,6-8,10-13H2,1-3H3,(H2,22,29)(H2,23,25,26). The van der Waals surface area contributed by atoms with Crippen molar-refractivity contribution in [3.8, 4) is 0 Å². The van der Waals surface area contributed by atoms with Gasteiger partial charge in [0, 0.05) is 62.2 Å². The summed E-state index contributed by atoms with van der Waals surface area (Å²) >= 11 is 1.75. The fraction of sp³-hybridized carbons (Fsp3) is 0.524. The summed E-state index contributed by atoms with van der Waals surface area (Å²) in [6.07, 6.45) is 4.23. The molecule has 1 amide bonds. The van der Waals surface area contributed by atoms with E-state index in [1.54, 1.807) is 18.4 Å². The second kappa shape index (κ2) is 10.4. The number of amides is 1. The molecule has 1 fully saturated rings. The number of nitrogens with one attached hydrogen (secondary N) is 2. The molecule has 0 atom stereocenters. The summed E-state index contributed by atoms with van der Waals surface area (Å²) in [7, 11) is 1.77. The van der Waals surface area contributed by atoms with Crippen molar-refractivity contribution in [1.82, 2.24) is 20.6 Å². The van der Waals surface area contributed by atoms with E-state index in [9.17, 15) is 4.79 Å². The number of nitrogens with two attached hydrogens (primary N) is 1. The zero-order chi connectivity index (χ0) is 21.5. The van der Waals surface area contributed by atoms with Crippen LogP contribution in [0.25, 0.3) is 0 Å². The average Bonchev–Trinajstić information content (AvgIpc) is 3.08. The minimum atomic E-state index is -0.199. The van der Waals surface area contributed by atoms with Gasteiger partial charge < -0.3 is 21.3 Å². The third-order valence-electron chi connectivity index (χ3n) is 5.44. The van der Waals surface area contributed by atoms with Crippen LogP contribution in [0.3, 0.4) is 0 Å². The Morgan fingerprint density at radius 2 is 2.10 bits per heavy atom. The Labute approximate surface area is 182 Å². The van der Waals surface area contributed by atoms with Gasteiger partial charge in [-0.2, -0.15) is 0 Å². The Bertz CT molecular complexity index is 868. The van der Waals surface area contributed by atoms with Crippen molar-refractivity contribution in [2.45, 2.75) is 39.7 Å². The van der Waals surface area contributed by atoms with E-state index in [4.69, 9.17) is 5.73 Å². The van der Waals surface area contributed by atoms with Crippen LogP contribution in [0.5, 0.6) is 0 Å². The van der Waals surface area contributed by atoms with Crippen LogP contribution in [0, 0.1) is 19.8 Å². The predicted octanol–water partition coefficient (Wildman–Crippen LogP) is 1.76. The van der Waals surface area contributed by atoms with Crippen LogP contribution in [0.4, 0.5) is 5.82 Å². The number of piperidine rings is 1. The second-order valence-corrected chi connectivity index (χ2v) is 8.79. The molecule has 0 bridgehead atoms. The van der Waals surface area contributed by atoms with Gasteiger partial charge in [0.1, 0.15) is 5.82 Å². The lowest BCUT2D eigenvalue weighted by atomic mass is 9.96. The summed E-state index contributed by atoms with van der Waals surface area (Å²) < 4.78 is 0. The Morgan fingerprint density at radius 1 is 1.33 bits per heavy atom. The highest BCUT2D eigenvalue weighted by atomic mass is 32.1. The van der Waals surface area contributed by atoms with Crippen LogP contribution in [0.2, 0.25) is 0 Å². The van der Waals surface area contributed by atoms with Crippen molar-refractivity contribution in [2.75, 3.05) is 31.6 Å². The fourth-order valence-corrected chi connectivity index (χ4v) is 4.50. The van der Waals surface area contributed by atoms with E-state index >= 15 is 0 Å². The molecule has 9 heteroatoms. The Hall–Kier alpha value is -2.68. The number of aromatic nitrogens is 2. The predicted molar refractivity (Wildman–Crippen MR) is 122 cm³/mol. The molecular weight excluding hydrogens is 398 g/mol. The number of carbonyl (C=O) groups excluding carboxylic acids is 1. The number of anilines is 1. The molecule has 30 heavy (non-hydrogen) atoms. The van der Waals surface area contributed by atoms with E-state index < -0.39 is 0 Å². The zero-order valence-corrected chi connectivity index (χ0v) is 18.8. The number of aryl methyl sites for hydroxylation is 2. The molecule has 162 valence electrons. The van der Waals surface area contributed by atoms with E-state index in [-0.39, 0.29) is 11.8 Å². The molecular formula is C21H31N7OS. The first kappa shape index (κ1) is 22.0. The summed E-state index contributed by atoms with van der Waals surface area (Å²) in [5, 5.41) is 7.87. The van der Waals surface area contributed by atoms with Crippen LogP contribution in [0.15, 0.2) is 23.3 Å². The lowest BCUT2D eigenvalue weighted by Gasteiger charge is -2.32. The van der Waals surface area contributed by atoms with E-state index in [2.05, 4.69) is 43.5 Å². The molecule has 1 aliphatic heterocycles. The number of aliphatic imine (C=N–C) groups is 1. The SMILES string of the molecule is CN=C(NCCc1nc(C)c(C)s1)NCc1cccnc1N1CCC(C(N)=O)CC1. The second-order valence-electron chi connectivity index (χ2n) is 7.50. The molecule has 2 aromatic heterocycles. The number of carbonyl (C=O) groups is 1. The summed E-state index contributed by atoms with van der Waals surface area (Å²) in [4.78, 5) is 28.4. The molecule has 0 saturated carbocycles. The number of primary amides is 1. The van der Waals surface area contributed by atoms with Crippen LogP contribution >= 0.6 is 11.3 Å². The van der Waals surface area contributed by atoms with Crippen molar-refractivity contribution >= 4 is 29.0 Å². The summed E-state index contributed by atoms with van der Waals surface area (Å²) in [5.41, 5.74) is 7.67. The molecule has 8 nitrogen and oxygen atoms in total. The first-order valence-electron chi connectivity index (χ1n) is 10.3. The van der Waals surface area contributed by atoms with Gasteiger partial charge in [-0.05, 0) is 32.8 Å². The van der Waals surface area contributed by atoms with Crippen LogP contribution < -0.4 is 21.3 Å². The van der Waals surface area contributed by atoms with Gasteiger partial charge in [0.25, 0.3) is 0 Å². The summed E-state index contributed by atoms with van der Waals surface area (Å²) in [5.74, 6) is 1.48. The number of guanidine groups is 1. The Kier molecular flexibility index (Phi) is 7.62. The van der Waals surface area contributed by atoms with Gasteiger partial charge in [0.15, 0.2) is 5.96 Å². The molecule has 0 unspecified atom stereocenters. The highest BCUT2D eigenvalue weighted by Crippen LogP contribution is 2.24. The zero-order valence-electron chi connectivity index (χ0n) is 17.9. The quantitative estimate of drug-likeness (QED) is 0.457. The first-order valence-corrected chi connectivity index (χ1v) is 11.1. The lowest BCUT2D eigenvalue weighted by molar-refractivity contribution is -0.122. The minimum absolute atomic E-state index is 0.0278. The molecule has 0 spiro atoms. The topological polar surface area (TPSA) is 109 Å². The highest BCUT2D eigenvalue weighted by Gasteiger charge is 2.24. The van der Waals surface area contributed by atoms with Crippen molar-refractivity contribution < 1.29 is 4.79 Å². The van der Waals surface area contributed by atoms with E-state index in [1.807, 2.05) is 19.2 Å². The molecule has 1 aliphatic rings. The van der Waals surface area contributed by atoms with E-state index in [0.717, 1.165) is 66.9 Å². The number of pyridine rings is 1. The van der Waals surface area contributed by atoms with Crippen molar-refractivity contribution in [1.29, 1.82) is 0 Å². The lowest BCUT2D eigenvalue weighted by Crippen LogP contribution is -2.40. The number of thiazole rings is 1. The molecule has 0 radical (unpaired) electrons. The first-order chi connectivity index (χ1) is 14.5. The molecule has 0 aliphatic carbocycles. The van der Waals surface area contributed by atoms with Gasteiger partial charge in [0.2, 0.25) is 5.91 Å². The molecule has 3 rings (SSSR count). The maximum atomic E-state index is 11.4. The van der Waals surface area contributed by atoms with Gasteiger partial charge >= 0.3 is 0 Å². The van der Waals surface area contributed by atoms with Crippen LogP contribution in [-0.2, 0) is 17.8 Å².